The van der Waals surface area contributed by atoms with Crippen molar-refractivity contribution in [3.8, 4) is 22.6 Å². The Labute approximate surface area is 185 Å². The van der Waals surface area contributed by atoms with Crippen LogP contribution in [0.3, 0.4) is 0 Å². The molecule has 1 amide bonds. The second-order valence-electron chi connectivity index (χ2n) is 8.03. The summed E-state index contributed by atoms with van der Waals surface area (Å²) in [5.74, 6) is 1.72. The highest BCUT2D eigenvalue weighted by Gasteiger charge is 2.28. The van der Waals surface area contributed by atoms with Crippen molar-refractivity contribution < 1.29 is 14.3 Å². The van der Waals surface area contributed by atoms with Gasteiger partial charge in [-0.15, -0.1) is 0 Å². The molecule has 8 heteroatoms. The van der Waals surface area contributed by atoms with Crippen LogP contribution in [0.1, 0.15) is 36.0 Å². The number of pyridine rings is 2. The van der Waals surface area contributed by atoms with E-state index >= 15 is 0 Å². The summed E-state index contributed by atoms with van der Waals surface area (Å²) in [6.07, 6.45) is 7.21. The van der Waals surface area contributed by atoms with E-state index in [2.05, 4.69) is 20.6 Å². The lowest BCUT2D eigenvalue weighted by Gasteiger charge is -2.33. The first kappa shape index (κ1) is 20.1. The Kier molecular flexibility index (Phi) is 5.49. The molecule has 8 nitrogen and oxygen atoms in total. The molecule has 32 heavy (non-hydrogen) atoms. The molecule has 2 aromatic heterocycles. The van der Waals surface area contributed by atoms with Crippen molar-refractivity contribution in [3.05, 3.63) is 70.8 Å². The van der Waals surface area contributed by atoms with Crippen molar-refractivity contribution in [3.63, 3.8) is 0 Å². The first-order valence-corrected chi connectivity index (χ1v) is 10.8. The van der Waals surface area contributed by atoms with Crippen LogP contribution in [0.4, 0.5) is 5.82 Å². The summed E-state index contributed by atoms with van der Waals surface area (Å²) in [5, 5.41) is 6.50. The van der Waals surface area contributed by atoms with Crippen LogP contribution in [0.15, 0.2) is 59.7 Å². The number of hydrogen-bond acceptors (Lipinski definition) is 6. The molecular weight excluding hydrogens is 408 g/mol. The molecule has 5 rings (SSSR count). The lowest BCUT2D eigenvalue weighted by Crippen LogP contribution is -2.49. The summed E-state index contributed by atoms with van der Waals surface area (Å²) >= 11 is 0. The molecule has 0 unspecified atom stereocenters. The number of carbonyl (C=O) groups excluding carboxylic acids is 1. The molecule has 1 aliphatic carbocycles. The molecule has 3 N–H and O–H groups in total. The summed E-state index contributed by atoms with van der Waals surface area (Å²) in [6, 6.07) is 12.8. The number of fused-ring (bicyclic) bond motifs is 1. The van der Waals surface area contributed by atoms with Gasteiger partial charge in [0, 0.05) is 24.5 Å². The average Bonchev–Trinajstić information content (AvgIpc) is 3.29. The summed E-state index contributed by atoms with van der Waals surface area (Å²) in [6.45, 7) is 0.188. The Bertz CT molecular complexity index is 1180. The zero-order valence-corrected chi connectivity index (χ0v) is 17.5. The third kappa shape index (κ3) is 4.16. The van der Waals surface area contributed by atoms with Crippen LogP contribution in [-0.2, 0) is 0 Å². The van der Waals surface area contributed by atoms with E-state index < -0.39 is 5.56 Å². The molecule has 0 radical (unpaired) electrons. The van der Waals surface area contributed by atoms with Crippen molar-refractivity contribution in [2.75, 3.05) is 12.1 Å². The van der Waals surface area contributed by atoms with Gasteiger partial charge in [-0.2, -0.15) is 0 Å². The van der Waals surface area contributed by atoms with Crippen LogP contribution in [0.25, 0.3) is 11.1 Å². The summed E-state index contributed by atoms with van der Waals surface area (Å²) in [5.41, 5.74) is 1.21. The van der Waals surface area contributed by atoms with Crippen LogP contribution in [0.5, 0.6) is 11.5 Å². The number of hydrogen-bond donors (Lipinski definition) is 3. The van der Waals surface area contributed by atoms with Crippen LogP contribution in [-0.4, -0.2) is 34.8 Å². The first-order valence-electron chi connectivity index (χ1n) is 10.8. The van der Waals surface area contributed by atoms with Crippen molar-refractivity contribution >= 4 is 11.7 Å². The molecule has 1 fully saturated rings. The fourth-order valence-corrected chi connectivity index (χ4v) is 4.26. The smallest absolute Gasteiger partial charge is 0.260 e. The zero-order chi connectivity index (χ0) is 21.9. The second-order valence-corrected chi connectivity index (χ2v) is 8.03. The molecule has 0 bridgehead atoms. The maximum absolute atomic E-state index is 13.1. The van der Waals surface area contributed by atoms with Gasteiger partial charge in [0.2, 0.25) is 6.79 Å². The molecule has 0 saturated heterocycles. The van der Waals surface area contributed by atoms with Gasteiger partial charge < -0.3 is 25.1 Å². The Balaban J connectivity index is 1.35. The van der Waals surface area contributed by atoms with E-state index in [0.29, 0.717) is 11.5 Å². The Morgan fingerprint density at radius 2 is 1.84 bits per heavy atom. The maximum Gasteiger partial charge on any atom is 0.260 e. The predicted molar refractivity (Wildman–Crippen MR) is 120 cm³/mol. The molecular formula is C24H24N4O4. The Morgan fingerprint density at radius 3 is 2.69 bits per heavy atom. The van der Waals surface area contributed by atoms with Gasteiger partial charge in [0.05, 0.1) is 0 Å². The molecule has 1 saturated carbocycles. The van der Waals surface area contributed by atoms with Crippen LogP contribution in [0, 0.1) is 0 Å². The lowest BCUT2D eigenvalue weighted by molar-refractivity contribution is 0.0922. The molecule has 1 aromatic carbocycles. The number of amides is 1. The average molecular weight is 432 g/mol. The molecule has 0 spiro atoms. The minimum atomic E-state index is -0.419. The topological polar surface area (TPSA) is 105 Å². The van der Waals surface area contributed by atoms with Gasteiger partial charge in [0.1, 0.15) is 11.4 Å². The van der Waals surface area contributed by atoms with Gasteiger partial charge in [-0.3, -0.25) is 9.59 Å². The number of rotatable bonds is 5. The number of H-pyrrole nitrogens is 1. The molecule has 3 heterocycles. The first-order chi connectivity index (χ1) is 15.7. The number of benzene rings is 1. The highest BCUT2D eigenvalue weighted by atomic mass is 16.7. The van der Waals surface area contributed by atoms with E-state index in [1.807, 2.05) is 36.4 Å². The van der Waals surface area contributed by atoms with Gasteiger partial charge in [-0.05, 0) is 54.3 Å². The second kappa shape index (κ2) is 8.74. The Morgan fingerprint density at radius 1 is 1.00 bits per heavy atom. The van der Waals surface area contributed by atoms with Gasteiger partial charge in [-0.1, -0.05) is 25.0 Å². The van der Waals surface area contributed by atoms with Crippen LogP contribution >= 0.6 is 0 Å². The summed E-state index contributed by atoms with van der Waals surface area (Å²) in [4.78, 5) is 32.6. The highest BCUT2D eigenvalue weighted by molar-refractivity contribution is 5.95. The van der Waals surface area contributed by atoms with Crippen molar-refractivity contribution in [2.24, 2.45) is 0 Å². The number of aromatic amines is 1. The molecule has 2 atom stereocenters. The number of carbonyl (C=O) groups is 1. The summed E-state index contributed by atoms with van der Waals surface area (Å²) < 4.78 is 10.8. The number of ether oxygens (including phenoxy) is 2. The van der Waals surface area contributed by atoms with Crippen LogP contribution in [0.2, 0.25) is 0 Å². The predicted octanol–water partition coefficient (Wildman–Crippen LogP) is 3.32. The summed E-state index contributed by atoms with van der Waals surface area (Å²) in [7, 11) is 0. The van der Waals surface area contributed by atoms with E-state index in [4.69, 9.17) is 9.47 Å². The number of aromatic nitrogens is 2. The standard InChI is InChI=1S/C24H24N4O4/c29-23-17(11-16(13-26-23)15-8-9-20-21(12-15)32-14-31-20)24(30)28-19-6-2-1-5-18(19)27-22-7-3-4-10-25-22/h3-4,7-13,18-19H,1-2,5-6,14H2,(H,25,27)(H,26,29)(H,28,30)/t18-,19-/m1/s1. The number of nitrogens with one attached hydrogen (secondary N) is 3. The quantitative estimate of drug-likeness (QED) is 0.571. The van der Waals surface area contributed by atoms with E-state index in [1.54, 1.807) is 18.5 Å². The zero-order valence-electron chi connectivity index (χ0n) is 17.5. The number of nitrogens with zero attached hydrogens (tertiary/aromatic N) is 1. The monoisotopic (exact) mass is 432 g/mol. The van der Waals surface area contributed by atoms with Crippen LogP contribution < -0.4 is 25.7 Å². The lowest BCUT2D eigenvalue weighted by atomic mass is 9.90. The molecule has 1 aliphatic heterocycles. The molecule has 3 aromatic rings. The van der Waals surface area contributed by atoms with Gasteiger partial charge in [-0.25, -0.2) is 4.98 Å². The minimum Gasteiger partial charge on any atom is -0.454 e. The maximum atomic E-state index is 13.1. The normalized spacial score (nSPS) is 19.4. The van der Waals surface area contributed by atoms with Crippen molar-refractivity contribution in [2.45, 2.75) is 37.8 Å². The Hall–Kier alpha value is -3.81. The van der Waals surface area contributed by atoms with Gasteiger partial charge in [0.25, 0.3) is 11.5 Å². The van der Waals surface area contributed by atoms with Crippen molar-refractivity contribution in [1.29, 1.82) is 0 Å². The van der Waals surface area contributed by atoms with Crippen molar-refractivity contribution in [1.82, 2.24) is 15.3 Å². The third-order valence-electron chi connectivity index (χ3n) is 5.93. The fraction of sp³-hybridized carbons (Fsp3) is 0.292. The highest BCUT2D eigenvalue weighted by Crippen LogP contribution is 2.35. The minimum absolute atomic E-state index is 0.0544. The van der Waals surface area contributed by atoms with E-state index in [-0.39, 0.29) is 30.3 Å². The van der Waals surface area contributed by atoms with E-state index in [0.717, 1.165) is 42.6 Å². The molecule has 164 valence electrons. The number of anilines is 1. The SMILES string of the molecule is O=C(N[C@@H]1CCCC[C@H]1Nc1ccccn1)c1cc(-c2ccc3c(c2)OCO3)c[nH]c1=O. The fourth-order valence-electron chi connectivity index (χ4n) is 4.26. The van der Waals surface area contributed by atoms with Gasteiger partial charge in [0.15, 0.2) is 11.5 Å². The van der Waals surface area contributed by atoms with E-state index in [9.17, 15) is 9.59 Å². The molecule has 2 aliphatic rings. The van der Waals surface area contributed by atoms with E-state index in [1.165, 1.54) is 0 Å². The largest absolute Gasteiger partial charge is 0.454 e. The van der Waals surface area contributed by atoms with Gasteiger partial charge >= 0.3 is 0 Å². The third-order valence-corrected chi connectivity index (χ3v) is 5.93.